The molecule has 6 nitrogen and oxygen atoms in total. The number of hydrogen-bond donors (Lipinski definition) is 2. The molecule has 17 heavy (non-hydrogen) atoms. The summed E-state index contributed by atoms with van der Waals surface area (Å²) >= 11 is 0. The molecule has 1 heterocycles. The van der Waals surface area contributed by atoms with E-state index < -0.39 is 0 Å². The highest BCUT2D eigenvalue weighted by molar-refractivity contribution is 5.92. The summed E-state index contributed by atoms with van der Waals surface area (Å²) in [4.78, 5) is 21.9. The zero-order valence-electron chi connectivity index (χ0n) is 10.5. The molecule has 2 N–H and O–H groups in total. The van der Waals surface area contributed by atoms with Crippen LogP contribution in [-0.2, 0) is 0 Å². The Bertz CT molecular complexity index is 367. The maximum absolute atomic E-state index is 11.7. The fourth-order valence-electron chi connectivity index (χ4n) is 1.23. The molecule has 0 atom stereocenters. The lowest BCUT2D eigenvalue weighted by Crippen LogP contribution is -2.32. The molecule has 1 amide bonds. The summed E-state index contributed by atoms with van der Waals surface area (Å²) in [6, 6.07) is 0. The normalized spacial score (nSPS) is 10.4. The summed E-state index contributed by atoms with van der Waals surface area (Å²) in [7, 11) is 3.91. The minimum atomic E-state index is -0.195. The zero-order valence-corrected chi connectivity index (χ0v) is 10.5. The third-order valence-electron chi connectivity index (χ3n) is 2.07. The van der Waals surface area contributed by atoms with Crippen LogP contribution in [0.3, 0.4) is 0 Å². The summed E-state index contributed by atoms with van der Waals surface area (Å²) < 4.78 is 0. The Kier molecular flexibility index (Phi) is 5.35. The molecule has 0 unspecified atom stereocenters. The fourth-order valence-corrected chi connectivity index (χ4v) is 1.23. The smallest absolute Gasteiger partial charge is 0.271 e. The summed E-state index contributed by atoms with van der Waals surface area (Å²) in [5, 5.41) is 5.80. The second kappa shape index (κ2) is 6.80. The Morgan fingerprint density at radius 3 is 2.82 bits per heavy atom. The first-order chi connectivity index (χ1) is 8.13. The topological polar surface area (TPSA) is 70.2 Å². The molecular weight excluding hydrogens is 218 g/mol. The maximum Gasteiger partial charge on any atom is 0.271 e. The highest BCUT2D eigenvalue weighted by Crippen LogP contribution is 2.01. The van der Waals surface area contributed by atoms with Crippen LogP contribution in [0.15, 0.2) is 12.4 Å². The van der Waals surface area contributed by atoms with E-state index in [1.165, 1.54) is 6.20 Å². The Hall–Kier alpha value is -1.69. The van der Waals surface area contributed by atoms with Gasteiger partial charge in [-0.3, -0.25) is 9.78 Å². The first kappa shape index (κ1) is 13.4. The minimum Gasteiger partial charge on any atom is -0.369 e. The highest BCUT2D eigenvalue weighted by atomic mass is 16.1. The van der Waals surface area contributed by atoms with Crippen molar-refractivity contribution >= 4 is 11.7 Å². The molecule has 94 valence electrons. The predicted octanol–water partition coefficient (Wildman–Crippen LogP) is 0.200. The van der Waals surface area contributed by atoms with Gasteiger partial charge in [0.2, 0.25) is 0 Å². The highest BCUT2D eigenvalue weighted by Gasteiger charge is 2.07. The first-order valence-electron chi connectivity index (χ1n) is 5.62. The molecule has 6 heteroatoms. The maximum atomic E-state index is 11.7. The number of rotatable bonds is 6. The lowest BCUT2D eigenvalue weighted by atomic mass is 10.4. The second-order valence-corrected chi connectivity index (χ2v) is 3.88. The van der Waals surface area contributed by atoms with Gasteiger partial charge in [-0.2, -0.15) is 0 Å². The second-order valence-electron chi connectivity index (χ2n) is 3.88. The van der Waals surface area contributed by atoms with Crippen LogP contribution in [0.5, 0.6) is 0 Å². The van der Waals surface area contributed by atoms with E-state index in [1.54, 1.807) is 6.20 Å². The molecule has 0 saturated carbocycles. The van der Waals surface area contributed by atoms with Crippen LogP contribution in [0.4, 0.5) is 5.82 Å². The zero-order chi connectivity index (χ0) is 12.7. The van der Waals surface area contributed by atoms with Crippen molar-refractivity contribution in [2.24, 2.45) is 0 Å². The molecule has 0 aliphatic heterocycles. The van der Waals surface area contributed by atoms with Crippen LogP contribution in [0.1, 0.15) is 17.4 Å². The summed E-state index contributed by atoms with van der Waals surface area (Å²) in [6.07, 6.45) is 3.06. The molecule has 0 aromatic carbocycles. The lowest BCUT2D eigenvalue weighted by molar-refractivity contribution is 0.0946. The van der Waals surface area contributed by atoms with Crippen LogP contribution in [0, 0.1) is 0 Å². The molecule has 0 radical (unpaired) electrons. The number of nitrogens with zero attached hydrogens (tertiary/aromatic N) is 3. The molecule has 0 aliphatic carbocycles. The quantitative estimate of drug-likeness (QED) is 0.739. The van der Waals surface area contributed by atoms with Gasteiger partial charge >= 0.3 is 0 Å². The van der Waals surface area contributed by atoms with Gasteiger partial charge in [0.25, 0.3) is 5.91 Å². The first-order valence-corrected chi connectivity index (χ1v) is 5.62. The van der Waals surface area contributed by atoms with Crippen molar-refractivity contribution in [3.05, 3.63) is 18.1 Å². The average Bonchev–Trinajstić information content (AvgIpc) is 2.29. The van der Waals surface area contributed by atoms with E-state index in [0.717, 1.165) is 13.1 Å². The third-order valence-corrected chi connectivity index (χ3v) is 2.07. The van der Waals surface area contributed by atoms with Gasteiger partial charge in [0.15, 0.2) is 0 Å². The third kappa shape index (κ3) is 4.78. The van der Waals surface area contributed by atoms with E-state index in [9.17, 15) is 4.79 Å². The van der Waals surface area contributed by atoms with Crippen LogP contribution >= 0.6 is 0 Å². The number of aromatic nitrogens is 2. The molecule has 0 fully saturated rings. The average molecular weight is 237 g/mol. The Balaban J connectivity index is 2.53. The Morgan fingerprint density at radius 1 is 1.41 bits per heavy atom. The van der Waals surface area contributed by atoms with Crippen LogP contribution in [0.25, 0.3) is 0 Å². The molecule has 0 saturated heterocycles. The van der Waals surface area contributed by atoms with Crippen molar-refractivity contribution in [3.8, 4) is 0 Å². The Labute approximate surface area is 101 Å². The van der Waals surface area contributed by atoms with Gasteiger partial charge in [0.05, 0.1) is 12.4 Å². The van der Waals surface area contributed by atoms with Gasteiger partial charge in [0.1, 0.15) is 11.5 Å². The SMILES string of the molecule is CCNc1cncc(C(=O)NCCN(C)C)n1. The van der Waals surface area contributed by atoms with Crippen LogP contribution in [-0.4, -0.2) is 54.5 Å². The molecular formula is C11H19N5O. The summed E-state index contributed by atoms with van der Waals surface area (Å²) in [5.41, 5.74) is 0.335. The van der Waals surface area contributed by atoms with E-state index in [4.69, 9.17) is 0 Å². The molecule has 1 rings (SSSR count). The van der Waals surface area contributed by atoms with Gasteiger partial charge in [-0.25, -0.2) is 4.98 Å². The number of likely N-dealkylation sites (N-methyl/N-ethyl adjacent to an activating group) is 1. The van der Waals surface area contributed by atoms with Crippen LogP contribution in [0.2, 0.25) is 0 Å². The van der Waals surface area contributed by atoms with Gasteiger partial charge in [-0.15, -0.1) is 0 Å². The van der Waals surface area contributed by atoms with Crippen molar-refractivity contribution in [2.75, 3.05) is 39.0 Å². The van der Waals surface area contributed by atoms with Crippen molar-refractivity contribution in [1.29, 1.82) is 0 Å². The molecule has 0 aliphatic rings. The lowest BCUT2D eigenvalue weighted by Gasteiger charge is -2.10. The van der Waals surface area contributed by atoms with Gasteiger partial charge < -0.3 is 15.5 Å². The van der Waals surface area contributed by atoms with E-state index in [-0.39, 0.29) is 5.91 Å². The molecule has 0 bridgehead atoms. The van der Waals surface area contributed by atoms with E-state index in [2.05, 4.69) is 20.6 Å². The summed E-state index contributed by atoms with van der Waals surface area (Å²) in [5.74, 6) is 0.423. The van der Waals surface area contributed by atoms with Gasteiger partial charge in [0, 0.05) is 19.6 Å². The predicted molar refractivity (Wildman–Crippen MR) is 67.1 cm³/mol. The van der Waals surface area contributed by atoms with E-state index in [0.29, 0.717) is 18.1 Å². The van der Waals surface area contributed by atoms with Gasteiger partial charge in [-0.1, -0.05) is 0 Å². The number of anilines is 1. The largest absolute Gasteiger partial charge is 0.369 e. The molecule has 1 aromatic heterocycles. The number of nitrogens with one attached hydrogen (secondary N) is 2. The molecule has 0 spiro atoms. The Morgan fingerprint density at radius 2 is 2.18 bits per heavy atom. The number of carbonyl (C=O) groups is 1. The monoisotopic (exact) mass is 237 g/mol. The van der Waals surface area contributed by atoms with Crippen molar-refractivity contribution in [2.45, 2.75) is 6.92 Å². The summed E-state index contributed by atoms with van der Waals surface area (Å²) in [6.45, 7) is 4.11. The van der Waals surface area contributed by atoms with E-state index in [1.807, 2.05) is 25.9 Å². The number of hydrogen-bond acceptors (Lipinski definition) is 5. The van der Waals surface area contributed by atoms with Gasteiger partial charge in [-0.05, 0) is 21.0 Å². The molecule has 1 aromatic rings. The number of carbonyl (C=O) groups excluding carboxylic acids is 1. The van der Waals surface area contributed by atoms with Crippen LogP contribution < -0.4 is 10.6 Å². The van der Waals surface area contributed by atoms with Crippen molar-refractivity contribution < 1.29 is 4.79 Å². The number of amides is 1. The standard InChI is InChI=1S/C11H19N5O/c1-4-13-10-8-12-7-9(15-10)11(17)14-5-6-16(2)3/h7-8H,4-6H2,1-3H3,(H,13,15)(H,14,17). The fraction of sp³-hybridized carbons (Fsp3) is 0.545. The van der Waals surface area contributed by atoms with Crippen molar-refractivity contribution in [3.63, 3.8) is 0 Å². The minimum absolute atomic E-state index is 0.195. The van der Waals surface area contributed by atoms with Crippen molar-refractivity contribution in [1.82, 2.24) is 20.2 Å². The van der Waals surface area contributed by atoms with E-state index >= 15 is 0 Å².